The lowest BCUT2D eigenvalue weighted by Crippen LogP contribution is -2.40. The van der Waals surface area contributed by atoms with Crippen LogP contribution in [0.25, 0.3) is 0 Å². The van der Waals surface area contributed by atoms with Crippen molar-refractivity contribution in [3.8, 4) is 0 Å². The van der Waals surface area contributed by atoms with Crippen LogP contribution in [0.4, 0.5) is 0 Å². The molecule has 114 valence electrons. The van der Waals surface area contributed by atoms with Crippen LogP contribution in [0.5, 0.6) is 0 Å². The number of likely N-dealkylation sites (N-methyl/N-ethyl adjacent to an activating group) is 2. The van der Waals surface area contributed by atoms with Crippen LogP contribution in [0.2, 0.25) is 0 Å². The number of carbonyl (C=O) groups excluding carboxylic acids is 1. The van der Waals surface area contributed by atoms with Gasteiger partial charge in [-0.3, -0.25) is 9.69 Å². The molecule has 1 amide bonds. The van der Waals surface area contributed by atoms with Crippen LogP contribution in [-0.2, 0) is 4.79 Å². The highest BCUT2D eigenvalue weighted by molar-refractivity contribution is 5.78. The summed E-state index contributed by atoms with van der Waals surface area (Å²) in [5, 5.41) is 0. The predicted octanol–water partition coefficient (Wildman–Crippen LogP) is 3.54. The molecule has 0 rings (SSSR count). The largest absolute Gasteiger partial charge is 0.342 e. The summed E-state index contributed by atoms with van der Waals surface area (Å²) in [5.41, 5.74) is 0. The third-order valence-corrected chi connectivity index (χ3v) is 3.77. The molecule has 0 aliphatic heterocycles. The highest BCUT2D eigenvalue weighted by Gasteiger charge is 2.13. The fraction of sp³-hybridized carbons (Fsp3) is 0.938. The Bertz CT molecular complexity index is 215. The fourth-order valence-corrected chi connectivity index (χ4v) is 2.28. The Balaban J connectivity index is 3.82. The van der Waals surface area contributed by atoms with E-state index in [1.54, 1.807) is 0 Å². The summed E-state index contributed by atoms with van der Waals surface area (Å²) >= 11 is 0. The zero-order valence-corrected chi connectivity index (χ0v) is 13.6. The third kappa shape index (κ3) is 9.04. The lowest BCUT2D eigenvalue weighted by Gasteiger charge is -2.25. The number of amides is 1. The first-order valence-corrected chi connectivity index (χ1v) is 8.19. The van der Waals surface area contributed by atoms with E-state index in [4.69, 9.17) is 0 Å². The van der Waals surface area contributed by atoms with Gasteiger partial charge in [0, 0.05) is 13.1 Å². The van der Waals surface area contributed by atoms with Gasteiger partial charge in [-0.25, -0.2) is 0 Å². The number of hydrogen-bond acceptors (Lipinski definition) is 2. The van der Waals surface area contributed by atoms with Gasteiger partial charge in [-0.1, -0.05) is 52.9 Å². The molecule has 0 saturated carbocycles. The van der Waals surface area contributed by atoms with Gasteiger partial charge in [-0.2, -0.15) is 0 Å². The lowest BCUT2D eigenvalue weighted by atomic mass is 10.1. The molecule has 19 heavy (non-hydrogen) atoms. The van der Waals surface area contributed by atoms with Crippen molar-refractivity contribution < 1.29 is 4.79 Å². The Labute approximate surface area is 120 Å². The molecule has 0 aliphatic rings. The van der Waals surface area contributed by atoms with E-state index in [2.05, 4.69) is 32.6 Å². The van der Waals surface area contributed by atoms with Crippen molar-refractivity contribution in [3.63, 3.8) is 0 Å². The van der Waals surface area contributed by atoms with Gasteiger partial charge in [-0.15, -0.1) is 0 Å². The lowest BCUT2D eigenvalue weighted by molar-refractivity contribution is -0.132. The van der Waals surface area contributed by atoms with Gasteiger partial charge in [0.05, 0.1) is 6.54 Å². The number of carbonyl (C=O) groups is 1. The first-order chi connectivity index (χ1) is 9.19. The minimum Gasteiger partial charge on any atom is -0.342 e. The van der Waals surface area contributed by atoms with Crippen molar-refractivity contribution in [2.45, 2.75) is 66.2 Å². The number of rotatable bonds is 12. The van der Waals surface area contributed by atoms with E-state index >= 15 is 0 Å². The van der Waals surface area contributed by atoms with Crippen molar-refractivity contribution in [2.75, 3.05) is 32.7 Å². The third-order valence-electron chi connectivity index (χ3n) is 3.77. The predicted molar refractivity (Wildman–Crippen MR) is 83.4 cm³/mol. The molecule has 3 nitrogen and oxygen atoms in total. The minimum absolute atomic E-state index is 0.291. The summed E-state index contributed by atoms with van der Waals surface area (Å²) in [5.74, 6) is 0.291. The Morgan fingerprint density at radius 3 is 1.89 bits per heavy atom. The molecule has 0 aromatic rings. The smallest absolute Gasteiger partial charge is 0.236 e. The van der Waals surface area contributed by atoms with Crippen LogP contribution in [0.1, 0.15) is 66.2 Å². The number of nitrogens with zero attached hydrogens (tertiary/aromatic N) is 2. The molecule has 0 aromatic heterocycles. The molecule has 0 bridgehead atoms. The molecule has 0 radical (unpaired) electrons. The van der Waals surface area contributed by atoms with Crippen LogP contribution in [0, 0.1) is 0 Å². The average molecular weight is 270 g/mol. The monoisotopic (exact) mass is 270 g/mol. The standard InChI is InChI=1S/C16H34N2O/c1-5-9-10-11-12-13-14-18(8-4)16(19)15-17(6-2)7-3/h5-15H2,1-4H3. The molecular formula is C16H34N2O. The van der Waals surface area contributed by atoms with Gasteiger partial charge in [0.15, 0.2) is 0 Å². The molecule has 0 unspecified atom stereocenters. The van der Waals surface area contributed by atoms with E-state index in [9.17, 15) is 4.79 Å². The highest BCUT2D eigenvalue weighted by atomic mass is 16.2. The van der Waals surface area contributed by atoms with Gasteiger partial charge in [0.25, 0.3) is 0 Å². The SMILES string of the molecule is CCCCCCCCN(CC)C(=O)CN(CC)CC. The van der Waals surface area contributed by atoms with Crippen molar-refractivity contribution in [3.05, 3.63) is 0 Å². The maximum absolute atomic E-state index is 12.2. The van der Waals surface area contributed by atoms with Crippen LogP contribution < -0.4 is 0 Å². The Morgan fingerprint density at radius 2 is 1.37 bits per heavy atom. The van der Waals surface area contributed by atoms with E-state index in [1.807, 2.05) is 4.90 Å². The van der Waals surface area contributed by atoms with E-state index in [0.717, 1.165) is 32.6 Å². The summed E-state index contributed by atoms with van der Waals surface area (Å²) < 4.78 is 0. The second-order valence-electron chi connectivity index (χ2n) is 5.20. The molecule has 0 spiro atoms. The zero-order chi connectivity index (χ0) is 14.5. The summed E-state index contributed by atoms with van der Waals surface area (Å²) in [4.78, 5) is 16.4. The molecule has 0 atom stereocenters. The second kappa shape index (κ2) is 12.5. The maximum Gasteiger partial charge on any atom is 0.236 e. The number of unbranched alkanes of at least 4 members (excludes halogenated alkanes) is 5. The summed E-state index contributed by atoms with van der Waals surface area (Å²) in [6.45, 7) is 12.8. The van der Waals surface area contributed by atoms with Crippen molar-refractivity contribution in [2.24, 2.45) is 0 Å². The topological polar surface area (TPSA) is 23.6 Å². The quantitative estimate of drug-likeness (QED) is 0.506. The summed E-state index contributed by atoms with van der Waals surface area (Å²) in [7, 11) is 0. The highest BCUT2D eigenvalue weighted by Crippen LogP contribution is 2.06. The van der Waals surface area contributed by atoms with E-state index in [0.29, 0.717) is 12.5 Å². The average Bonchev–Trinajstić information content (AvgIpc) is 2.43. The van der Waals surface area contributed by atoms with Crippen molar-refractivity contribution >= 4 is 5.91 Å². The maximum atomic E-state index is 12.2. The van der Waals surface area contributed by atoms with Crippen LogP contribution in [0.15, 0.2) is 0 Å². The molecule has 0 aromatic carbocycles. The minimum atomic E-state index is 0.291. The molecule has 0 saturated heterocycles. The molecule has 0 aliphatic carbocycles. The first kappa shape index (κ1) is 18.4. The molecule has 0 N–H and O–H groups in total. The van der Waals surface area contributed by atoms with Gasteiger partial charge in [-0.05, 0) is 26.4 Å². The van der Waals surface area contributed by atoms with Crippen LogP contribution >= 0.6 is 0 Å². The van der Waals surface area contributed by atoms with Crippen molar-refractivity contribution in [1.82, 2.24) is 9.80 Å². The second-order valence-corrected chi connectivity index (χ2v) is 5.20. The summed E-state index contributed by atoms with van der Waals surface area (Å²) in [6, 6.07) is 0. The van der Waals surface area contributed by atoms with Crippen molar-refractivity contribution in [1.29, 1.82) is 0 Å². The number of hydrogen-bond donors (Lipinski definition) is 0. The molecule has 0 heterocycles. The first-order valence-electron chi connectivity index (χ1n) is 8.19. The Hall–Kier alpha value is -0.570. The molecular weight excluding hydrogens is 236 g/mol. The van der Waals surface area contributed by atoms with E-state index < -0.39 is 0 Å². The fourth-order valence-electron chi connectivity index (χ4n) is 2.28. The summed E-state index contributed by atoms with van der Waals surface area (Å²) in [6.07, 6.45) is 7.71. The Morgan fingerprint density at radius 1 is 0.789 bits per heavy atom. The Kier molecular flexibility index (Phi) is 12.1. The normalized spacial score (nSPS) is 11.0. The molecule has 3 heteroatoms. The van der Waals surface area contributed by atoms with Gasteiger partial charge < -0.3 is 4.90 Å². The van der Waals surface area contributed by atoms with Crippen LogP contribution in [0.3, 0.4) is 0 Å². The van der Waals surface area contributed by atoms with E-state index in [1.165, 1.54) is 32.1 Å². The van der Waals surface area contributed by atoms with Gasteiger partial charge in [0.1, 0.15) is 0 Å². The zero-order valence-electron chi connectivity index (χ0n) is 13.6. The molecule has 0 fully saturated rings. The van der Waals surface area contributed by atoms with Gasteiger partial charge in [0.2, 0.25) is 5.91 Å². The van der Waals surface area contributed by atoms with Crippen LogP contribution in [-0.4, -0.2) is 48.4 Å². The van der Waals surface area contributed by atoms with Gasteiger partial charge >= 0.3 is 0 Å². The van der Waals surface area contributed by atoms with E-state index in [-0.39, 0.29) is 0 Å².